The SMILES string of the molecule is COc1ccc(OC)c(/C=C2\C=C(c3cc(OC)ccc3OC)OC2=O)c1. The smallest absolute Gasteiger partial charge is 0.343 e. The maximum absolute atomic E-state index is 12.4. The molecule has 1 aliphatic rings. The number of methoxy groups -OCH3 is 4. The molecule has 2 aromatic rings. The molecule has 27 heavy (non-hydrogen) atoms. The van der Waals surface area contributed by atoms with E-state index in [-0.39, 0.29) is 0 Å². The van der Waals surface area contributed by atoms with E-state index >= 15 is 0 Å². The van der Waals surface area contributed by atoms with E-state index in [1.54, 1.807) is 77.0 Å². The van der Waals surface area contributed by atoms with Gasteiger partial charge >= 0.3 is 5.97 Å². The van der Waals surface area contributed by atoms with Crippen LogP contribution in [-0.2, 0) is 9.53 Å². The second-order valence-electron chi connectivity index (χ2n) is 5.67. The normalized spacial score (nSPS) is 14.6. The van der Waals surface area contributed by atoms with Gasteiger partial charge in [-0.25, -0.2) is 4.79 Å². The first-order chi connectivity index (χ1) is 13.1. The Balaban J connectivity index is 2.04. The topological polar surface area (TPSA) is 63.2 Å². The third kappa shape index (κ3) is 3.74. The molecule has 6 heteroatoms. The number of hydrogen-bond donors (Lipinski definition) is 0. The first kappa shape index (κ1) is 18.4. The Morgan fingerprint density at radius 3 is 2.07 bits per heavy atom. The molecule has 140 valence electrons. The summed E-state index contributed by atoms with van der Waals surface area (Å²) in [7, 11) is 6.27. The van der Waals surface area contributed by atoms with Gasteiger partial charge in [-0.1, -0.05) is 0 Å². The van der Waals surface area contributed by atoms with Crippen LogP contribution < -0.4 is 18.9 Å². The van der Waals surface area contributed by atoms with Crippen molar-refractivity contribution in [3.05, 3.63) is 59.2 Å². The van der Waals surface area contributed by atoms with Gasteiger partial charge in [0.2, 0.25) is 0 Å². The third-order valence-corrected chi connectivity index (χ3v) is 4.14. The fraction of sp³-hybridized carbons (Fsp3) is 0.190. The van der Waals surface area contributed by atoms with E-state index in [1.807, 2.05) is 0 Å². The van der Waals surface area contributed by atoms with E-state index in [1.165, 1.54) is 0 Å². The van der Waals surface area contributed by atoms with E-state index in [0.717, 1.165) is 0 Å². The molecule has 1 aliphatic heterocycles. The molecule has 0 aliphatic carbocycles. The minimum absolute atomic E-state index is 0.390. The highest BCUT2D eigenvalue weighted by Gasteiger charge is 2.25. The zero-order valence-corrected chi connectivity index (χ0v) is 15.6. The van der Waals surface area contributed by atoms with Crippen molar-refractivity contribution in [1.29, 1.82) is 0 Å². The van der Waals surface area contributed by atoms with E-state index < -0.39 is 5.97 Å². The van der Waals surface area contributed by atoms with Crippen LogP contribution in [0.2, 0.25) is 0 Å². The predicted octanol–water partition coefficient (Wildman–Crippen LogP) is 3.70. The summed E-state index contributed by atoms with van der Waals surface area (Å²) in [6.45, 7) is 0. The number of rotatable bonds is 6. The summed E-state index contributed by atoms with van der Waals surface area (Å²) in [4.78, 5) is 12.4. The van der Waals surface area contributed by atoms with Crippen LogP contribution in [0.5, 0.6) is 23.0 Å². The summed E-state index contributed by atoms with van der Waals surface area (Å²) in [6.07, 6.45) is 3.36. The highest BCUT2D eigenvalue weighted by Crippen LogP contribution is 2.36. The van der Waals surface area contributed by atoms with Crippen LogP contribution in [0.3, 0.4) is 0 Å². The monoisotopic (exact) mass is 368 g/mol. The standard InChI is InChI=1S/C21H20O6/c1-23-15-5-7-18(25-3)13(10-15)9-14-11-20(27-21(14)22)17-12-16(24-2)6-8-19(17)26-4/h5-12H,1-4H3/b14-9+. The maximum Gasteiger partial charge on any atom is 0.343 e. The van der Waals surface area contributed by atoms with Gasteiger partial charge in [-0.3, -0.25) is 0 Å². The molecule has 0 N–H and O–H groups in total. The minimum Gasteiger partial charge on any atom is -0.497 e. The molecule has 0 saturated carbocycles. The van der Waals surface area contributed by atoms with Crippen molar-refractivity contribution in [2.75, 3.05) is 28.4 Å². The lowest BCUT2D eigenvalue weighted by molar-refractivity contribution is -0.130. The van der Waals surface area contributed by atoms with Crippen molar-refractivity contribution in [3.63, 3.8) is 0 Å². The first-order valence-corrected chi connectivity index (χ1v) is 8.19. The van der Waals surface area contributed by atoms with Crippen molar-refractivity contribution in [1.82, 2.24) is 0 Å². The van der Waals surface area contributed by atoms with Gasteiger partial charge in [-0.2, -0.15) is 0 Å². The molecule has 0 fully saturated rings. The Morgan fingerprint density at radius 1 is 0.815 bits per heavy atom. The molecule has 0 unspecified atom stereocenters. The van der Waals surface area contributed by atoms with E-state index in [9.17, 15) is 4.79 Å². The maximum atomic E-state index is 12.4. The number of benzene rings is 2. The molecular weight excluding hydrogens is 348 g/mol. The zero-order chi connectivity index (χ0) is 19.4. The lowest BCUT2D eigenvalue weighted by Crippen LogP contribution is -1.99. The van der Waals surface area contributed by atoms with Gasteiger partial charge in [0.05, 0.1) is 39.6 Å². The van der Waals surface area contributed by atoms with Crippen LogP contribution in [0, 0.1) is 0 Å². The summed E-state index contributed by atoms with van der Waals surface area (Å²) in [5, 5.41) is 0. The van der Waals surface area contributed by atoms with Gasteiger partial charge < -0.3 is 23.7 Å². The molecule has 0 radical (unpaired) electrons. The van der Waals surface area contributed by atoms with Crippen molar-refractivity contribution >= 4 is 17.8 Å². The fourth-order valence-electron chi connectivity index (χ4n) is 2.75. The average molecular weight is 368 g/mol. The number of carbonyl (C=O) groups excluding carboxylic acids is 1. The van der Waals surface area contributed by atoms with Crippen molar-refractivity contribution in [2.45, 2.75) is 0 Å². The number of hydrogen-bond acceptors (Lipinski definition) is 6. The highest BCUT2D eigenvalue weighted by molar-refractivity contribution is 6.05. The molecule has 0 bridgehead atoms. The molecule has 0 atom stereocenters. The van der Waals surface area contributed by atoms with Crippen molar-refractivity contribution in [3.8, 4) is 23.0 Å². The molecule has 2 aromatic carbocycles. The molecule has 1 heterocycles. The van der Waals surface area contributed by atoms with Gasteiger partial charge in [0, 0.05) is 5.56 Å². The minimum atomic E-state index is -0.459. The third-order valence-electron chi connectivity index (χ3n) is 4.14. The number of cyclic esters (lactones) is 1. The van der Waals surface area contributed by atoms with Crippen LogP contribution in [-0.4, -0.2) is 34.4 Å². The second kappa shape index (κ2) is 7.86. The van der Waals surface area contributed by atoms with E-state index in [4.69, 9.17) is 23.7 Å². The predicted molar refractivity (Wildman–Crippen MR) is 101 cm³/mol. The molecule has 0 aromatic heterocycles. The van der Waals surface area contributed by atoms with Gasteiger partial charge in [0.15, 0.2) is 0 Å². The fourth-order valence-corrected chi connectivity index (χ4v) is 2.75. The van der Waals surface area contributed by atoms with Gasteiger partial charge in [0.1, 0.15) is 28.8 Å². The van der Waals surface area contributed by atoms with Crippen LogP contribution >= 0.6 is 0 Å². The van der Waals surface area contributed by atoms with E-state index in [2.05, 4.69) is 0 Å². The Hall–Kier alpha value is -3.41. The lowest BCUT2D eigenvalue weighted by atomic mass is 10.1. The van der Waals surface area contributed by atoms with E-state index in [0.29, 0.717) is 45.5 Å². The largest absolute Gasteiger partial charge is 0.497 e. The lowest BCUT2D eigenvalue weighted by Gasteiger charge is -2.10. The Kier molecular flexibility index (Phi) is 5.35. The van der Waals surface area contributed by atoms with Gasteiger partial charge in [-0.15, -0.1) is 0 Å². The van der Waals surface area contributed by atoms with Crippen LogP contribution in [0.25, 0.3) is 11.8 Å². The molecule has 0 spiro atoms. The molecular formula is C21H20O6. The number of ether oxygens (including phenoxy) is 5. The molecule has 3 rings (SSSR count). The van der Waals surface area contributed by atoms with Gasteiger partial charge in [-0.05, 0) is 48.6 Å². The molecule has 0 amide bonds. The van der Waals surface area contributed by atoms with Crippen molar-refractivity contribution < 1.29 is 28.5 Å². The second-order valence-corrected chi connectivity index (χ2v) is 5.67. The summed E-state index contributed by atoms with van der Waals surface area (Å²) >= 11 is 0. The van der Waals surface area contributed by atoms with Gasteiger partial charge in [0.25, 0.3) is 0 Å². The van der Waals surface area contributed by atoms with Crippen LogP contribution in [0.15, 0.2) is 48.0 Å². The Bertz CT molecular complexity index is 926. The summed E-state index contributed by atoms with van der Waals surface area (Å²) in [6, 6.07) is 10.6. The molecule has 0 saturated heterocycles. The highest BCUT2D eigenvalue weighted by atomic mass is 16.5. The van der Waals surface area contributed by atoms with Crippen molar-refractivity contribution in [2.24, 2.45) is 0 Å². The Labute approximate surface area is 157 Å². The number of carbonyl (C=O) groups is 1. The molecule has 6 nitrogen and oxygen atoms in total. The van der Waals surface area contributed by atoms with Crippen LogP contribution in [0.1, 0.15) is 11.1 Å². The summed E-state index contributed by atoms with van der Waals surface area (Å²) in [5.41, 5.74) is 1.73. The average Bonchev–Trinajstić information content (AvgIpc) is 3.07. The van der Waals surface area contributed by atoms with Crippen LogP contribution in [0.4, 0.5) is 0 Å². The zero-order valence-electron chi connectivity index (χ0n) is 15.6. The summed E-state index contributed by atoms with van der Waals surface area (Å²) in [5.74, 6) is 2.43. The number of esters is 1. The summed E-state index contributed by atoms with van der Waals surface area (Å²) < 4.78 is 26.7. The first-order valence-electron chi connectivity index (χ1n) is 8.19. The Morgan fingerprint density at radius 2 is 1.44 bits per heavy atom. The quantitative estimate of drug-likeness (QED) is 0.572.